The summed E-state index contributed by atoms with van der Waals surface area (Å²) in [6, 6.07) is -0.768. The summed E-state index contributed by atoms with van der Waals surface area (Å²) in [6.45, 7) is 4.26. The van der Waals surface area contributed by atoms with Crippen molar-refractivity contribution in [2.45, 2.75) is 296 Å². The molecule has 354 valence electrons. The van der Waals surface area contributed by atoms with E-state index in [-0.39, 0.29) is 25.7 Å². The van der Waals surface area contributed by atoms with Gasteiger partial charge >= 0.3 is 7.82 Å². The Morgan fingerprint density at radius 2 is 0.780 bits per heavy atom. The molecule has 0 aliphatic rings. The first-order valence-electron chi connectivity index (χ1n) is 26.2. The molecule has 5 N–H and O–H groups in total. The minimum Gasteiger partial charge on any atom is -0.391 e. The number of rotatable bonds is 50. The lowest BCUT2D eigenvalue weighted by atomic mass is 10.0. The van der Waals surface area contributed by atoms with Crippen LogP contribution in [0, 0.1) is 0 Å². The standard InChI is InChI=1S/C50H103N2O6P/c1-3-5-7-9-11-13-15-17-19-21-22-23-24-25-26-28-30-32-34-36-38-40-42-44-50(54)52-48(47-58-59(55,56)57-46-45-51)49(53)43-41-39-37-35-33-31-29-27-20-18-16-14-12-10-8-6-4-2/h48-49,53H,3-47,51H2,1-2H3,(H,52,54)(H,55,56). The van der Waals surface area contributed by atoms with Crippen molar-refractivity contribution >= 4 is 13.7 Å². The number of carbonyl (C=O) groups excluding carboxylic acids is 1. The Bertz CT molecular complexity index is 895. The summed E-state index contributed by atoms with van der Waals surface area (Å²) >= 11 is 0. The average Bonchev–Trinajstić information content (AvgIpc) is 3.22. The summed E-state index contributed by atoms with van der Waals surface area (Å²) < 4.78 is 22.3. The van der Waals surface area contributed by atoms with E-state index in [0.717, 1.165) is 38.5 Å². The molecule has 8 nitrogen and oxygen atoms in total. The Morgan fingerprint density at radius 1 is 0.492 bits per heavy atom. The smallest absolute Gasteiger partial charge is 0.391 e. The molecule has 0 heterocycles. The van der Waals surface area contributed by atoms with Gasteiger partial charge in [0.15, 0.2) is 0 Å². The van der Waals surface area contributed by atoms with Gasteiger partial charge in [-0.2, -0.15) is 0 Å². The van der Waals surface area contributed by atoms with Crippen LogP contribution in [0.15, 0.2) is 0 Å². The van der Waals surface area contributed by atoms with E-state index < -0.39 is 20.0 Å². The Hall–Kier alpha value is -0.500. The first kappa shape index (κ1) is 58.5. The van der Waals surface area contributed by atoms with Crippen molar-refractivity contribution in [1.82, 2.24) is 5.32 Å². The predicted molar refractivity (Wildman–Crippen MR) is 254 cm³/mol. The van der Waals surface area contributed by atoms with E-state index in [1.165, 1.54) is 218 Å². The van der Waals surface area contributed by atoms with Gasteiger partial charge in [-0.25, -0.2) is 4.57 Å². The lowest BCUT2D eigenvalue weighted by molar-refractivity contribution is -0.123. The summed E-state index contributed by atoms with van der Waals surface area (Å²) in [5, 5.41) is 13.9. The number of amides is 1. The van der Waals surface area contributed by atoms with E-state index in [1.807, 2.05) is 0 Å². The molecule has 1 amide bonds. The Balaban J connectivity index is 3.97. The van der Waals surface area contributed by atoms with Gasteiger partial charge in [-0.3, -0.25) is 13.8 Å². The molecule has 0 rings (SSSR count). The van der Waals surface area contributed by atoms with Gasteiger partial charge in [0.25, 0.3) is 0 Å². The Kier molecular flexibility index (Phi) is 46.6. The number of hydrogen-bond acceptors (Lipinski definition) is 6. The molecule has 0 aromatic carbocycles. The number of aliphatic hydroxyl groups excluding tert-OH is 1. The number of nitrogens with two attached hydrogens (primary N) is 1. The van der Waals surface area contributed by atoms with Crippen LogP contribution < -0.4 is 11.1 Å². The maximum Gasteiger partial charge on any atom is 0.472 e. The summed E-state index contributed by atoms with van der Waals surface area (Å²) in [6.07, 6.45) is 52.7. The largest absolute Gasteiger partial charge is 0.472 e. The van der Waals surface area contributed by atoms with Crippen molar-refractivity contribution in [2.75, 3.05) is 19.8 Å². The highest BCUT2D eigenvalue weighted by atomic mass is 31.2. The number of aliphatic hydroxyl groups is 1. The zero-order chi connectivity index (χ0) is 43.2. The van der Waals surface area contributed by atoms with Crippen LogP contribution in [0.25, 0.3) is 0 Å². The third-order valence-electron chi connectivity index (χ3n) is 12.2. The van der Waals surface area contributed by atoms with E-state index in [1.54, 1.807) is 0 Å². The summed E-state index contributed by atoms with van der Waals surface area (Å²) in [5.74, 6) is -0.154. The molecule has 0 radical (unpaired) electrons. The van der Waals surface area contributed by atoms with Crippen LogP contribution in [0.2, 0.25) is 0 Å². The summed E-state index contributed by atoms with van der Waals surface area (Å²) in [4.78, 5) is 22.8. The number of nitrogens with one attached hydrogen (secondary N) is 1. The highest BCUT2D eigenvalue weighted by Gasteiger charge is 2.27. The van der Waals surface area contributed by atoms with Gasteiger partial charge in [-0.1, -0.05) is 264 Å². The van der Waals surface area contributed by atoms with Crippen LogP contribution in [0.1, 0.15) is 284 Å². The van der Waals surface area contributed by atoms with Gasteiger partial charge in [0, 0.05) is 13.0 Å². The normalized spacial score (nSPS) is 13.8. The molecular weight excluding hydrogens is 756 g/mol. The molecule has 0 spiro atoms. The van der Waals surface area contributed by atoms with Crippen LogP contribution in [0.5, 0.6) is 0 Å². The molecule has 3 atom stereocenters. The van der Waals surface area contributed by atoms with E-state index in [2.05, 4.69) is 19.2 Å². The molecular formula is C50H103N2O6P. The van der Waals surface area contributed by atoms with E-state index in [9.17, 15) is 19.4 Å². The van der Waals surface area contributed by atoms with Gasteiger partial charge in [0.05, 0.1) is 25.4 Å². The molecule has 0 aliphatic carbocycles. The fraction of sp³-hybridized carbons (Fsp3) is 0.980. The number of phosphoric ester groups is 1. The van der Waals surface area contributed by atoms with Crippen LogP contribution in [0.3, 0.4) is 0 Å². The zero-order valence-corrected chi connectivity index (χ0v) is 40.4. The first-order valence-corrected chi connectivity index (χ1v) is 27.6. The topological polar surface area (TPSA) is 131 Å². The highest BCUT2D eigenvalue weighted by Crippen LogP contribution is 2.43. The number of carbonyl (C=O) groups is 1. The average molecular weight is 859 g/mol. The van der Waals surface area contributed by atoms with Crippen molar-refractivity contribution in [2.24, 2.45) is 5.73 Å². The lowest BCUT2D eigenvalue weighted by Crippen LogP contribution is -2.46. The fourth-order valence-corrected chi connectivity index (χ4v) is 9.02. The van der Waals surface area contributed by atoms with Crippen molar-refractivity contribution in [1.29, 1.82) is 0 Å². The molecule has 0 bridgehead atoms. The van der Waals surface area contributed by atoms with Gasteiger partial charge in [-0.15, -0.1) is 0 Å². The maximum absolute atomic E-state index is 12.8. The third-order valence-corrected chi connectivity index (χ3v) is 13.2. The monoisotopic (exact) mass is 859 g/mol. The maximum atomic E-state index is 12.8. The molecule has 0 aliphatic heterocycles. The molecule has 9 heteroatoms. The van der Waals surface area contributed by atoms with Gasteiger partial charge in [0.1, 0.15) is 0 Å². The highest BCUT2D eigenvalue weighted by molar-refractivity contribution is 7.47. The first-order chi connectivity index (χ1) is 28.9. The van der Waals surface area contributed by atoms with Gasteiger partial charge < -0.3 is 21.1 Å². The third kappa shape index (κ3) is 45.3. The number of phosphoric acid groups is 1. The number of hydrogen-bond donors (Lipinski definition) is 4. The Morgan fingerprint density at radius 3 is 1.08 bits per heavy atom. The molecule has 59 heavy (non-hydrogen) atoms. The van der Waals surface area contributed by atoms with E-state index in [0.29, 0.717) is 12.8 Å². The SMILES string of the molecule is CCCCCCCCCCCCCCCCCCCCCCCCCC(=O)NC(COP(=O)(O)OCCN)C(O)CCCCCCCCCCCCCCCCCCC. The molecule has 0 saturated carbocycles. The molecule has 0 aromatic heterocycles. The van der Waals surface area contributed by atoms with Crippen LogP contribution in [-0.2, 0) is 18.4 Å². The fourth-order valence-electron chi connectivity index (χ4n) is 8.26. The van der Waals surface area contributed by atoms with Crippen LogP contribution >= 0.6 is 7.82 Å². The minimum atomic E-state index is -4.31. The zero-order valence-electron chi connectivity index (χ0n) is 39.5. The van der Waals surface area contributed by atoms with E-state index in [4.69, 9.17) is 14.8 Å². The summed E-state index contributed by atoms with van der Waals surface area (Å²) in [7, 11) is -4.31. The lowest BCUT2D eigenvalue weighted by Gasteiger charge is -2.25. The van der Waals surface area contributed by atoms with Crippen LogP contribution in [0.4, 0.5) is 0 Å². The van der Waals surface area contributed by atoms with Gasteiger partial charge in [-0.05, 0) is 12.8 Å². The Labute approximate surface area is 367 Å². The van der Waals surface area contributed by atoms with Crippen molar-refractivity contribution in [3.05, 3.63) is 0 Å². The van der Waals surface area contributed by atoms with Crippen molar-refractivity contribution in [3.8, 4) is 0 Å². The molecule has 3 unspecified atom stereocenters. The molecule has 0 saturated heterocycles. The predicted octanol–water partition coefficient (Wildman–Crippen LogP) is 15.3. The second kappa shape index (κ2) is 47.0. The van der Waals surface area contributed by atoms with E-state index >= 15 is 0 Å². The summed E-state index contributed by atoms with van der Waals surface area (Å²) in [5.41, 5.74) is 5.40. The molecule has 0 fully saturated rings. The van der Waals surface area contributed by atoms with Crippen LogP contribution in [-0.4, -0.2) is 47.8 Å². The minimum absolute atomic E-state index is 0.0928. The van der Waals surface area contributed by atoms with Crippen molar-refractivity contribution < 1.29 is 28.4 Å². The number of unbranched alkanes of at least 4 members (excludes halogenated alkanes) is 38. The van der Waals surface area contributed by atoms with Gasteiger partial charge in [0.2, 0.25) is 5.91 Å². The van der Waals surface area contributed by atoms with Crippen molar-refractivity contribution in [3.63, 3.8) is 0 Å². The quantitative estimate of drug-likeness (QED) is 0.0354. The second-order valence-electron chi connectivity index (χ2n) is 18.1. The molecule has 0 aromatic rings. The second-order valence-corrected chi connectivity index (χ2v) is 19.6.